The summed E-state index contributed by atoms with van der Waals surface area (Å²) >= 11 is 0. The monoisotopic (exact) mass is 295 g/mol. The van der Waals surface area contributed by atoms with Crippen LogP contribution in [-0.4, -0.2) is 50.1 Å². The second-order valence-corrected chi connectivity index (χ2v) is 6.47. The Balaban J connectivity index is 2.52. The summed E-state index contributed by atoms with van der Waals surface area (Å²) in [5, 5.41) is 3.50. The molecule has 0 spiro atoms. The molecule has 0 saturated carbocycles. The zero-order valence-corrected chi connectivity index (χ0v) is 14.5. The highest BCUT2D eigenvalue weighted by Gasteiger charge is 2.12. The van der Waals surface area contributed by atoms with E-state index in [9.17, 15) is 0 Å². The van der Waals surface area contributed by atoms with Gasteiger partial charge in [0.05, 0.1) is 12.8 Å². The predicted octanol–water partition coefficient (Wildman–Crippen LogP) is 2.80. The lowest BCUT2D eigenvalue weighted by atomic mass is 10.2. The molecule has 0 aliphatic carbocycles. The molecule has 0 aromatic carbocycles. The van der Waals surface area contributed by atoms with Crippen LogP contribution in [0.1, 0.15) is 38.5 Å². The Kier molecular flexibility index (Phi) is 8.66. The van der Waals surface area contributed by atoms with Gasteiger partial charge in [0.25, 0.3) is 0 Å². The maximum Gasteiger partial charge on any atom is 0.122 e. The zero-order chi connectivity index (χ0) is 15.7. The number of nitrogens with zero attached hydrogens (tertiary/aromatic N) is 2. The summed E-state index contributed by atoms with van der Waals surface area (Å²) in [5.41, 5.74) is 1.29. The van der Waals surface area contributed by atoms with E-state index in [1.165, 1.54) is 12.0 Å². The van der Waals surface area contributed by atoms with Gasteiger partial charge in [-0.3, -0.25) is 4.90 Å². The molecule has 1 aromatic rings. The summed E-state index contributed by atoms with van der Waals surface area (Å²) < 4.78 is 5.71. The molecule has 4 nitrogen and oxygen atoms in total. The molecule has 1 heterocycles. The second-order valence-electron chi connectivity index (χ2n) is 6.47. The maximum absolute atomic E-state index is 5.71. The smallest absolute Gasteiger partial charge is 0.122 e. The van der Waals surface area contributed by atoms with Crippen LogP contribution in [0.15, 0.2) is 16.7 Å². The highest BCUT2D eigenvalue weighted by atomic mass is 16.3. The van der Waals surface area contributed by atoms with Crippen molar-refractivity contribution >= 4 is 0 Å². The van der Waals surface area contributed by atoms with Crippen molar-refractivity contribution in [1.29, 1.82) is 0 Å². The normalized spacial score (nSPS) is 12.0. The van der Waals surface area contributed by atoms with E-state index in [2.05, 4.69) is 56.0 Å². The molecular formula is C17H33N3O. The molecular weight excluding hydrogens is 262 g/mol. The van der Waals surface area contributed by atoms with E-state index in [0.29, 0.717) is 5.92 Å². The number of likely N-dealkylation sites (N-methyl/N-ethyl adjacent to an activating group) is 1. The molecule has 122 valence electrons. The van der Waals surface area contributed by atoms with Crippen LogP contribution in [0.25, 0.3) is 0 Å². The van der Waals surface area contributed by atoms with Crippen LogP contribution in [0.3, 0.4) is 0 Å². The third kappa shape index (κ3) is 7.65. The van der Waals surface area contributed by atoms with Crippen molar-refractivity contribution in [3.05, 3.63) is 23.7 Å². The van der Waals surface area contributed by atoms with Crippen LogP contribution in [0, 0.1) is 5.92 Å². The van der Waals surface area contributed by atoms with E-state index < -0.39 is 0 Å². The topological polar surface area (TPSA) is 31.6 Å². The van der Waals surface area contributed by atoms with Gasteiger partial charge in [-0.2, -0.15) is 0 Å². The minimum atomic E-state index is 0.678. The highest BCUT2D eigenvalue weighted by molar-refractivity contribution is 5.16. The molecule has 0 radical (unpaired) electrons. The van der Waals surface area contributed by atoms with Gasteiger partial charge in [0.1, 0.15) is 5.76 Å². The van der Waals surface area contributed by atoms with E-state index >= 15 is 0 Å². The summed E-state index contributed by atoms with van der Waals surface area (Å²) in [5.74, 6) is 1.79. The Morgan fingerprint density at radius 2 is 1.95 bits per heavy atom. The number of hydrogen-bond donors (Lipinski definition) is 1. The Morgan fingerprint density at radius 3 is 2.57 bits per heavy atom. The third-order valence-corrected chi connectivity index (χ3v) is 3.48. The lowest BCUT2D eigenvalue weighted by molar-refractivity contribution is 0.217. The van der Waals surface area contributed by atoms with Gasteiger partial charge in [-0.1, -0.05) is 20.8 Å². The number of hydrogen-bond acceptors (Lipinski definition) is 4. The molecule has 4 heteroatoms. The SMILES string of the molecule is CCCN(CCN(C)C)Cc1occc1CNCC(C)C. The van der Waals surface area contributed by atoms with Crippen molar-refractivity contribution in [1.82, 2.24) is 15.1 Å². The molecule has 1 aromatic heterocycles. The maximum atomic E-state index is 5.71. The van der Waals surface area contributed by atoms with Gasteiger partial charge in [-0.15, -0.1) is 0 Å². The lowest BCUT2D eigenvalue weighted by Gasteiger charge is -2.23. The first-order chi connectivity index (χ1) is 10.0. The van der Waals surface area contributed by atoms with Gasteiger partial charge in [-0.25, -0.2) is 0 Å². The van der Waals surface area contributed by atoms with Gasteiger partial charge in [0.15, 0.2) is 0 Å². The van der Waals surface area contributed by atoms with E-state index in [-0.39, 0.29) is 0 Å². The molecule has 0 fully saturated rings. The molecule has 0 aliphatic heterocycles. The van der Waals surface area contributed by atoms with Crippen LogP contribution < -0.4 is 5.32 Å². The van der Waals surface area contributed by atoms with Crippen molar-refractivity contribution in [3.63, 3.8) is 0 Å². The Morgan fingerprint density at radius 1 is 1.19 bits per heavy atom. The third-order valence-electron chi connectivity index (χ3n) is 3.48. The summed E-state index contributed by atoms with van der Waals surface area (Å²) in [7, 11) is 4.25. The Labute approximate surface area is 130 Å². The van der Waals surface area contributed by atoms with Crippen molar-refractivity contribution in [2.45, 2.75) is 40.3 Å². The van der Waals surface area contributed by atoms with Gasteiger partial charge in [-0.05, 0) is 45.6 Å². The molecule has 0 amide bonds. The highest BCUT2D eigenvalue weighted by Crippen LogP contribution is 2.14. The molecule has 1 rings (SSSR count). The van der Waals surface area contributed by atoms with E-state index in [0.717, 1.165) is 45.0 Å². The number of rotatable bonds is 11. The van der Waals surface area contributed by atoms with Gasteiger partial charge < -0.3 is 14.6 Å². The molecule has 0 aliphatic rings. The van der Waals surface area contributed by atoms with Crippen LogP contribution in [0.4, 0.5) is 0 Å². The molecule has 0 atom stereocenters. The van der Waals surface area contributed by atoms with Crippen molar-refractivity contribution in [3.8, 4) is 0 Å². The van der Waals surface area contributed by atoms with Gasteiger partial charge in [0, 0.05) is 25.2 Å². The zero-order valence-electron chi connectivity index (χ0n) is 14.5. The lowest BCUT2D eigenvalue weighted by Crippen LogP contribution is -2.32. The van der Waals surface area contributed by atoms with Gasteiger partial charge in [0.2, 0.25) is 0 Å². The van der Waals surface area contributed by atoms with Crippen molar-refractivity contribution in [2.75, 3.05) is 40.3 Å². The number of nitrogens with one attached hydrogen (secondary N) is 1. The molecule has 0 saturated heterocycles. The minimum Gasteiger partial charge on any atom is -0.468 e. The van der Waals surface area contributed by atoms with E-state index in [4.69, 9.17) is 4.42 Å². The summed E-state index contributed by atoms with van der Waals surface area (Å²) in [6.45, 7) is 12.8. The predicted molar refractivity (Wildman–Crippen MR) is 89.4 cm³/mol. The largest absolute Gasteiger partial charge is 0.468 e. The van der Waals surface area contributed by atoms with Gasteiger partial charge >= 0.3 is 0 Å². The first kappa shape index (κ1) is 18.2. The average molecular weight is 295 g/mol. The fourth-order valence-electron chi connectivity index (χ4n) is 2.29. The minimum absolute atomic E-state index is 0.678. The summed E-state index contributed by atoms with van der Waals surface area (Å²) in [6.07, 6.45) is 2.99. The Bertz CT molecular complexity index is 374. The van der Waals surface area contributed by atoms with Crippen LogP contribution in [0.5, 0.6) is 0 Å². The first-order valence-electron chi connectivity index (χ1n) is 8.16. The quantitative estimate of drug-likeness (QED) is 0.680. The van der Waals surface area contributed by atoms with Crippen molar-refractivity contribution < 1.29 is 4.42 Å². The van der Waals surface area contributed by atoms with Crippen LogP contribution in [0.2, 0.25) is 0 Å². The molecule has 1 N–H and O–H groups in total. The molecule has 0 unspecified atom stereocenters. The molecule has 0 bridgehead atoms. The van der Waals surface area contributed by atoms with E-state index in [1.54, 1.807) is 0 Å². The van der Waals surface area contributed by atoms with Crippen LogP contribution in [-0.2, 0) is 13.1 Å². The summed E-state index contributed by atoms with van der Waals surface area (Å²) in [4.78, 5) is 4.71. The van der Waals surface area contributed by atoms with Crippen LogP contribution >= 0.6 is 0 Å². The Hall–Kier alpha value is -0.840. The van der Waals surface area contributed by atoms with Crippen molar-refractivity contribution in [2.24, 2.45) is 5.92 Å². The fourth-order valence-corrected chi connectivity index (χ4v) is 2.29. The second kappa shape index (κ2) is 9.98. The fraction of sp³-hybridized carbons (Fsp3) is 0.765. The van der Waals surface area contributed by atoms with E-state index in [1.807, 2.05) is 6.26 Å². The molecule has 21 heavy (non-hydrogen) atoms. The first-order valence-corrected chi connectivity index (χ1v) is 8.16. The summed E-state index contributed by atoms with van der Waals surface area (Å²) in [6, 6.07) is 2.10. The number of furan rings is 1. The standard InChI is InChI=1S/C17H33N3O/c1-6-8-20(10-9-19(4)5)14-17-16(7-11-21-17)13-18-12-15(2)3/h7,11,15,18H,6,8-10,12-14H2,1-5H3. The average Bonchev–Trinajstić information content (AvgIpc) is 2.83.